The zero-order valence-corrected chi connectivity index (χ0v) is 24.7. The number of nitrogens with one attached hydrogen (secondary N) is 1. The van der Waals surface area contributed by atoms with Crippen molar-refractivity contribution in [1.29, 1.82) is 0 Å². The first-order valence-electron chi connectivity index (χ1n) is 14.7. The van der Waals surface area contributed by atoms with E-state index in [2.05, 4.69) is 34.5 Å². The fraction of sp³-hybridized carbons (Fsp3) is 0.375. The van der Waals surface area contributed by atoms with Crippen molar-refractivity contribution in [2.45, 2.75) is 70.4 Å². The van der Waals surface area contributed by atoms with Crippen LogP contribution in [-0.2, 0) is 16.1 Å². The summed E-state index contributed by atoms with van der Waals surface area (Å²) in [6.45, 7) is 5.62. The molecule has 2 aliphatic rings. The molecule has 2 aromatic carbocycles. The molecule has 1 saturated heterocycles. The molecule has 6 rings (SSSR count). The fourth-order valence-corrected chi connectivity index (χ4v) is 6.08. The third-order valence-electron chi connectivity index (χ3n) is 8.35. The lowest BCUT2D eigenvalue weighted by atomic mass is 9.92. The first-order valence-corrected chi connectivity index (χ1v) is 14.7. The highest BCUT2D eigenvalue weighted by atomic mass is 19.1. The Labute approximate surface area is 253 Å². The van der Waals surface area contributed by atoms with Crippen LogP contribution in [0.5, 0.6) is 5.75 Å². The summed E-state index contributed by atoms with van der Waals surface area (Å²) < 4.78 is 22.2. The smallest absolute Gasteiger partial charge is 0.269 e. The van der Waals surface area contributed by atoms with Crippen LogP contribution in [0, 0.1) is 0 Å². The molecule has 3 amide bonds. The average molecular weight is 600 g/mol. The Kier molecular flexibility index (Phi) is 7.74. The Balaban J connectivity index is 1.24. The third kappa shape index (κ3) is 5.59. The lowest BCUT2D eigenvalue weighted by Crippen LogP contribution is -2.48. The summed E-state index contributed by atoms with van der Waals surface area (Å²) in [5.41, 5.74) is 9.68. The van der Waals surface area contributed by atoms with Crippen molar-refractivity contribution in [3.05, 3.63) is 71.7 Å². The molecule has 4 unspecified atom stereocenters. The van der Waals surface area contributed by atoms with E-state index in [9.17, 15) is 18.8 Å². The van der Waals surface area contributed by atoms with E-state index in [-0.39, 0.29) is 37.4 Å². The van der Waals surface area contributed by atoms with Crippen molar-refractivity contribution in [3.63, 3.8) is 0 Å². The minimum atomic E-state index is -1.35. The minimum absolute atomic E-state index is 0.00354. The number of hydrogen-bond donors (Lipinski definition) is 2. The van der Waals surface area contributed by atoms with Gasteiger partial charge in [-0.15, -0.1) is 0 Å². The number of carbonyl (C=O) groups excluding carboxylic acids is 3. The SMILES string of the molecule is CC1CC(NC(=O)C2CC(F)CN2C(=O)Cn2nc(C(N)=O)c3cc(-c4ccnnc4)ccc32)c2cc(C(C)C)ccc2O1. The summed E-state index contributed by atoms with van der Waals surface area (Å²) in [5.74, 6) is -0.660. The summed E-state index contributed by atoms with van der Waals surface area (Å²) in [7, 11) is 0. The number of hydrogen-bond acceptors (Lipinski definition) is 7. The Morgan fingerprint density at radius 1 is 1.09 bits per heavy atom. The van der Waals surface area contributed by atoms with Gasteiger partial charge >= 0.3 is 0 Å². The number of halogens is 1. The lowest BCUT2D eigenvalue weighted by Gasteiger charge is -2.33. The zero-order valence-electron chi connectivity index (χ0n) is 24.7. The van der Waals surface area contributed by atoms with Crippen LogP contribution < -0.4 is 15.8 Å². The lowest BCUT2D eigenvalue weighted by molar-refractivity contribution is -0.139. The first kappa shape index (κ1) is 29.2. The number of alkyl halides is 1. The molecule has 2 aromatic heterocycles. The molecule has 3 N–H and O–H groups in total. The number of amides is 3. The molecule has 1 fully saturated rings. The van der Waals surface area contributed by atoms with Gasteiger partial charge in [-0.05, 0) is 54.3 Å². The second-order valence-corrected chi connectivity index (χ2v) is 11.8. The van der Waals surface area contributed by atoms with Crippen molar-refractivity contribution in [1.82, 2.24) is 30.2 Å². The van der Waals surface area contributed by atoms with Gasteiger partial charge in [0.25, 0.3) is 5.91 Å². The summed E-state index contributed by atoms with van der Waals surface area (Å²) in [6, 6.07) is 11.7. The molecule has 4 aromatic rings. The van der Waals surface area contributed by atoms with Crippen molar-refractivity contribution in [2.75, 3.05) is 6.54 Å². The molecule has 0 saturated carbocycles. The number of ether oxygens (including phenoxy) is 1. The molecular formula is C32H34FN7O4. The maximum Gasteiger partial charge on any atom is 0.269 e. The van der Waals surface area contributed by atoms with E-state index in [0.29, 0.717) is 29.0 Å². The second kappa shape index (κ2) is 11.7. The van der Waals surface area contributed by atoms with Gasteiger partial charge in [-0.25, -0.2) is 4.39 Å². The first-order chi connectivity index (χ1) is 21.1. The van der Waals surface area contributed by atoms with Gasteiger partial charge in [-0.2, -0.15) is 15.3 Å². The summed E-state index contributed by atoms with van der Waals surface area (Å²) in [5, 5.41) is 15.6. The van der Waals surface area contributed by atoms with Gasteiger partial charge in [0, 0.05) is 29.4 Å². The number of carbonyl (C=O) groups is 3. The minimum Gasteiger partial charge on any atom is -0.490 e. The molecule has 0 spiro atoms. The van der Waals surface area contributed by atoms with Crippen LogP contribution >= 0.6 is 0 Å². The third-order valence-corrected chi connectivity index (χ3v) is 8.35. The molecule has 4 atom stereocenters. The number of likely N-dealkylation sites (tertiary alicyclic amines) is 1. The Morgan fingerprint density at radius 2 is 1.91 bits per heavy atom. The quantitative estimate of drug-likeness (QED) is 0.330. The van der Waals surface area contributed by atoms with Gasteiger partial charge in [0.2, 0.25) is 11.8 Å². The Morgan fingerprint density at radius 3 is 2.64 bits per heavy atom. The van der Waals surface area contributed by atoms with Gasteiger partial charge in [0.15, 0.2) is 5.69 Å². The van der Waals surface area contributed by atoms with Crippen LogP contribution in [0.25, 0.3) is 22.0 Å². The van der Waals surface area contributed by atoms with E-state index in [1.807, 2.05) is 31.2 Å². The number of fused-ring (bicyclic) bond motifs is 2. The molecule has 12 heteroatoms. The van der Waals surface area contributed by atoms with E-state index in [0.717, 1.165) is 22.3 Å². The highest BCUT2D eigenvalue weighted by Gasteiger charge is 2.41. The normalized spacial score (nSPS) is 21.2. The van der Waals surface area contributed by atoms with Gasteiger partial charge in [-0.1, -0.05) is 26.0 Å². The van der Waals surface area contributed by atoms with Crippen molar-refractivity contribution >= 4 is 28.6 Å². The largest absolute Gasteiger partial charge is 0.490 e. The van der Waals surface area contributed by atoms with E-state index in [1.54, 1.807) is 30.6 Å². The topological polar surface area (TPSA) is 145 Å². The summed E-state index contributed by atoms with van der Waals surface area (Å²) >= 11 is 0. The monoisotopic (exact) mass is 599 g/mol. The van der Waals surface area contributed by atoms with E-state index in [1.165, 1.54) is 9.58 Å². The second-order valence-electron chi connectivity index (χ2n) is 11.8. The van der Waals surface area contributed by atoms with Crippen LogP contribution in [0.15, 0.2) is 54.9 Å². The van der Waals surface area contributed by atoms with Gasteiger partial charge in [0.05, 0.1) is 36.6 Å². The van der Waals surface area contributed by atoms with Crippen LogP contribution in [0.4, 0.5) is 4.39 Å². The van der Waals surface area contributed by atoms with E-state index < -0.39 is 29.9 Å². The molecule has 0 radical (unpaired) electrons. The number of nitrogens with two attached hydrogens (primary N) is 1. The highest BCUT2D eigenvalue weighted by Crippen LogP contribution is 2.37. The number of rotatable bonds is 7. The van der Waals surface area contributed by atoms with Crippen LogP contribution in [0.3, 0.4) is 0 Å². The molecule has 2 aliphatic heterocycles. The number of benzene rings is 2. The fourth-order valence-electron chi connectivity index (χ4n) is 6.08. The molecule has 228 valence electrons. The van der Waals surface area contributed by atoms with Crippen LogP contribution in [0.1, 0.15) is 67.2 Å². The van der Waals surface area contributed by atoms with Crippen molar-refractivity contribution in [2.24, 2.45) is 5.73 Å². The Hall–Kier alpha value is -4.87. The molecule has 11 nitrogen and oxygen atoms in total. The van der Waals surface area contributed by atoms with Gasteiger partial charge in [-0.3, -0.25) is 19.1 Å². The predicted molar refractivity (Wildman–Crippen MR) is 160 cm³/mol. The maximum absolute atomic E-state index is 14.8. The molecule has 0 aliphatic carbocycles. The van der Waals surface area contributed by atoms with Gasteiger partial charge < -0.3 is 20.7 Å². The van der Waals surface area contributed by atoms with Crippen molar-refractivity contribution < 1.29 is 23.5 Å². The summed E-state index contributed by atoms with van der Waals surface area (Å²) in [6.07, 6.45) is 2.11. The molecule has 44 heavy (non-hydrogen) atoms. The van der Waals surface area contributed by atoms with Crippen LogP contribution in [0.2, 0.25) is 0 Å². The van der Waals surface area contributed by atoms with Crippen molar-refractivity contribution in [3.8, 4) is 16.9 Å². The number of primary amides is 1. The average Bonchev–Trinajstić information content (AvgIpc) is 3.57. The molecule has 0 bridgehead atoms. The zero-order chi connectivity index (χ0) is 31.1. The highest BCUT2D eigenvalue weighted by molar-refractivity contribution is 6.05. The molecular weight excluding hydrogens is 565 g/mol. The summed E-state index contributed by atoms with van der Waals surface area (Å²) in [4.78, 5) is 40.8. The molecule has 4 heterocycles. The standard InChI is InChI=1S/C32H34FN7O4/c1-17(2)19-5-7-28-23(11-19)25(10-18(3)44-28)37-32(43)27-13-22(33)15-39(27)29(41)16-40-26-6-4-20(21-8-9-35-36-14-21)12-24(26)30(38-40)31(34)42/h4-9,11-12,14,17-18,22,25,27H,10,13,15-16H2,1-3H3,(H2,34,42)(H,37,43). The maximum atomic E-state index is 14.8. The van der Waals surface area contributed by atoms with E-state index >= 15 is 0 Å². The van der Waals surface area contributed by atoms with E-state index in [4.69, 9.17) is 10.5 Å². The van der Waals surface area contributed by atoms with Gasteiger partial charge in [0.1, 0.15) is 24.5 Å². The predicted octanol–water partition coefficient (Wildman–Crippen LogP) is 3.68. The number of aromatic nitrogens is 4. The van der Waals surface area contributed by atoms with Crippen LogP contribution in [-0.4, -0.2) is 67.5 Å². The Bertz CT molecular complexity index is 1740. The number of nitrogens with zero attached hydrogens (tertiary/aromatic N) is 5.